The lowest BCUT2D eigenvalue weighted by Crippen LogP contribution is -1.93. The molecule has 278 valence electrons. The topological polar surface area (TPSA) is 30.2 Å². The SMILES string of the molecule is c1ccc2c(c1)cnc1cc(-c3ccc(-c4ccc(-c5ccc(-c6cc7c8ccccc8sc7c7nc8c9ccccc9ccc8n67)cc5)c5ccccc45)cc3)ccc12. The second kappa shape index (κ2) is 12.9. The molecular formula is C56H33N3S. The number of hydrogen-bond acceptors (Lipinski definition) is 3. The van der Waals surface area contributed by atoms with Crippen molar-refractivity contribution in [1.29, 1.82) is 0 Å². The molecule has 0 saturated carbocycles. The highest BCUT2D eigenvalue weighted by Gasteiger charge is 2.19. The van der Waals surface area contributed by atoms with E-state index < -0.39 is 0 Å². The van der Waals surface area contributed by atoms with Crippen molar-refractivity contribution < 1.29 is 0 Å². The molecule has 0 atom stereocenters. The Hall–Kier alpha value is -7.66. The van der Waals surface area contributed by atoms with Crippen LogP contribution >= 0.6 is 11.3 Å². The van der Waals surface area contributed by atoms with E-state index in [9.17, 15) is 0 Å². The van der Waals surface area contributed by atoms with E-state index in [4.69, 9.17) is 9.97 Å². The van der Waals surface area contributed by atoms with Crippen LogP contribution in [-0.4, -0.2) is 14.4 Å². The molecule has 0 spiro atoms. The van der Waals surface area contributed by atoms with Gasteiger partial charge in [-0.25, -0.2) is 4.98 Å². The first-order chi connectivity index (χ1) is 29.7. The molecule has 0 saturated heterocycles. The van der Waals surface area contributed by atoms with Gasteiger partial charge in [0.2, 0.25) is 0 Å². The van der Waals surface area contributed by atoms with Crippen LogP contribution in [0, 0.1) is 0 Å². The monoisotopic (exact) mass is 779 g/mol. The summed E-state index contributed by atoms with van der Waals surface area (Å²) >= 11 is 1.83. The van der Waals surface area contributed by atoms with E-state index >= 15 is 0 Å². The summed E-state index contributed by atoms with van der Waals surface area (Å²) in [7, 11) is 0. The van der Waals surface area contributed by atoms with Crippen LogP contribution in [0.1, 0.15) is 0 Å². The van der Waals surface area contributed by atoms with Crippen molar-refractivity contribution >= 4 is 91.4 Å². The van der Waals surface area contributed by atoms with Crippen LogP contribution in [0.5, 0.6) is 0 Å². The molecule has 60 heavy (non-hydrogen) atoms. The van der Waals surface area contributed by atoms with E-state index in [0.29, 0.717) is 0 Å². The van der Waals surface area contributed by atoms with E-state index in [1.165, 1.54) is 85.9 Å². The van der Waals surface area contributed by atoms with E-state index in [0.717, 1.165) is 38.8 Å². The van der Waals surface area contributed by atoms with Gasteiger partial charge in [-0.05, 0) is 84.8 Å². The van der Waals surface area contributed by atoms with E-state index in [2.05, 4.69) is 199 Å². The van der Waals surface area contributed by atoms with E-state index in [-0.39, 0.29) is 0 Å². The molecule has 4 heterocycles. The van der Waals surface area contributed by atoms with Crippen molar-refractivity contribution in [2.75, 3.05) is 0 Å². The Kier molecular flexibility index (Phi) is 7.18. The van der Waals surface area contributed by atoms with Crippen LogP contribution in [0.4, 0.5) is 0 Å². The molecule has 4 aromatic heterocycles. The first-order valence-corrected chi connectivity index (χ1v) is 21.2. The zero-order valence-electron chi connectivity index (χ0n) is 32.3. The number of benzene rings is 9. The predicted molar refractivity (Wildman–Crippen MR) is 255 cm³/mol. The zero-order chi connectivity index (χ0) is 39.3. The Morgan fingerprint density at radius 1 is 0.400 bits per heavy atom. The van der Waals surface area contributed by atoms with Crippen molar-refractivity contribution in [2.45, 2.75) is 0 Å². The van der Waals surface area contributed by atoms with Gasteiger partial charge in [0.25, 0.3) is 0 Å². The number of nitrogens with zero attached hydrogens (tertiary/aromatic N) is 3. The van der Waals surface area contributed by atoms with E-state index in [1.54, 1.807) is 0 Å². The summed E-state index contributed by atoms with van der Waals surface area (Å²) in [6.07, 6.45) is 1.97. The highest BCUT2D eigenvalue weighted by molar-refractivity contribution is 7.26. The third-order valence-corrected chi connectivity index (χ3v) is 13.6. The van der Waals surface area contributed by atoms with Crippen LogP contribution in [-0.2, 0) is 0 Å². The predicted octanol–water partition coefficient (Wildman–Crippen LogP) is 15.5. The molecule has 9 aromatic carbocycles. The Morgan fingerprint density at radius 3 is 1.75 bits per heavy atom. The maximum absolute atomic E-state index is 5.40. The van der Waals surface area contributed by atoms with Crippen LogP contribution in [0.25, 0.3) is 125 Å². The molecule has 0 aliphatic heterocycles. The second-order valence-corrected chi connectivity index (χ2v) is 16.8. The molecule has 0 amide bonds. The Bertz CT molecular complexity index is 3880. The molecule has 13 rings (SSSR count). The maximum Gasteiger partial charge on any atom is 0.156 e. The van der Waals surface area contributed by atoms with Gasteiger partial charge < -0.3 is 0 Å². The smallest absolute Gasteiger partial charge is 0.156 e. The Balaban J connectivity index is 0.893. The Morgan fingerprint density at radius 2 is 1.00 bits per heavy atom. The minimum atomic E-state index is 1.01. The molecular weight excluding hydrogens is 747 g/mol. The molecule has 0 aliphatic carbocycles. The van der Waals surface area contributed by atoms with Crippen molar-refractivity contribution in [3.05, 3.63) is 200 Å². The van der Waals surface area contributed by atoms with Crippen molar-refractivity contribution in [1.82, 2.24) is 14.4 Å². The van der Waals surface area contributed by atoms with Crippen molar-refractivity contribution in [3.63, 3.8) is 0 Å². The van der Waals surface area contributed by atoms with E-state index in [1.807, 2.05) is 17.5 Å². The molecule has 0 unspecified atom stereocenters. The fourth-order valence-electron chi connectivity index (χ4n) is 9.50. The third kappa shape index (κ3) is 5.01. The fourth-order valence-corrected chi connectivity index (χ4v) is 10.7. The lowest BCUT2D eigenvalue weighted by molar-refractivity contribution is 1.25. The van der Waals surface area contributed by atoms with Gasteiger partial charge in [0.05, 0.1) is 26.9 Å². The molecule has 3 nitrogen and oxygen atoms in total. The van der Waals surface area contributed by atoms with Crippen LogP contribution in [0.15, 0.2) is 200 Å². The summed E-state index contributed by atoms with van der Waals surface area (Å²) in [6.45, 7) is 0. The minimum Gasteiger partial charge on any atom is -0.291 e. The molecule has 0 radical (unpaired) electrons. The lowest BCUT2D eigenvalue weighted by atomic mass is 9.91. The minimum absolute atomic E-state index is 1.01. The van der Waals surface area contributed by atoms with Gasteiger partial charge in [0.1, 0.15) is 0 Å². The number of hydrogen-bond donors (Lipinski definition) is 0. The average molecular weight is 780 g/mol. The van der Waals surface area contributed by atoms with Crippen LogP contribution in [0.2, 0.25) is 0 Å². The summed E-state index contributed by atoms with van der Waals surface area (Å²) in [5, 5.41) is 11.0. The highest BCUT2D eigenvalue weighted by atomic mass is 32.1. The largest absolute Gasteiger partial charge is 0.291 e. The second-order valence-electron chi connectivity index (χ2n) is 15.7. The van der Waals surface area contributed by atoms with Gasteiger partial charge in [-0.2, -0.15) is 0 Å². The average Bonchev–Trinajstić information content (AvgIpc) is 3.90. The number of fused-ring (bicyclic) bond motifs is 13. The summed E-state index contributed by atoms with van der Waals surface area (Å²) in [6, 6.07) is 70.7. The molecule has 4 heteroatoms. The number of pyridine rings is 2. The number of imidazole rings is 1. The lowest BCUT2D eigenvalue weighted by Gasteiger charge is -2.14. The maximum atomic E-state index is 5.40. The summed E-state index contributed by atoms with van der Waals surface area (Å²) < 4.78 is 4.88. The van der Waals surface area contributed by atoms with Gasteiger partial charge in [-0.1, -0.05) is 170 Å². The number of rotatable bonds is 4. The summed E-state index contributed by atoms with van der Waals surface area (Å²) in [5.41, 5.74) is 13.7. The van der Waals surface area contributed by atoms with Gasteiger partial charge in [0.15, 0.2) is 5.65 Å². The van der Waals surface area contributed by atoms with Crippen molar-refractivity contribution in [2.24, 2.45) is 0 Å². The van der Waals surface area contributed by atoms with Crippen LogP contribution in [0.3, 0.4) is 0 Å². The molecule has 13 aromatic rings. The summed E-state index contributed by atoms with van der Waals surface area (Å²) in [4.78, 5) is 10.2. The molecule has 0 bridgehead atoms. The first kappa shape index (κ1) is 33.3. The summed E-state index contributed by atoms with van der Waals surface area (Å²) in [5.74, 6) is 0. The first-order valence-electron chi connectivity index (χ1n) is 20.4. The van der Waals surface area contributed by atoms with Crippen molar-refractivity contribution in [3.8, 4) is 44.6 Å². The Labute approximate surface area is 349 Å². The quantitative estimate of drug-likeness (QED) is 0.167. The standard InChI is InChI=1S/C56H33N3S/c1-4-12-44-35(9-1)26-30-51-54(44)58-56-55-49(48-15-7-8-16-53(48)60-55)32-52(59(51)56)38-23-21-37(22-24-38)43-29-28-42(45-13-5-6-14-46(43)45)36-19-17-34(18-20-36)39-25-27-47-41-11-3-2-10-40(41)33-57-50(47)31-39/h1-33H. The molecule has 0 aliphatic rings. The fraction of sp³-hybridized carbons (Fsp3) is 0. The normalized spacial score (nSPS) is 12.0. The molecule has 0 N–H and O–H groups in total. The zero-order valence-corrected chi connectivity index (χ0v) is 33.1. The van der Waals surface area contributed by atoms with Crippen LogP contribution < -0.4 is 0 Å². The highest BCUT2D eigenvalue weighted by Crippen LogP contribution is 2.43. The third-order valence-electron chi connectivity index (χ3n) is 12.4. The molecule has 0 fully saturated rings. The number of aromatic nitrogens is 3. The van der Waals surface area contributed by atoms with Gasteiger partial charge in [-0.3, -0.25) is 9.38 Å². The van der Waals surface area contributed by atoms with Gasteiger partial charge in [-0.15, -0.1) is 11.3 Å². The van der Waals surface area contributed by atoms with Gasteiger partial charge in [0, 0.05) is 37.8 Å². The van der Waals surface area contributed by atoms with Gasteiger partial charge >= 0.3 is 0 Å². The number of thiophene rings is 1.